The van der Waals surface area contributed by atoms with E-state index in [2.05, 4.69) is 74.4 Å². The van der Waals surface area contributed by atoms with E-state index in [1.807, 2.05) is 37.0 Å². The van der Waals surface area contributed by atoms with Crippen molar-refractivity contribution in [2.45, 2.75) is 64.1 Å². The number of aliphatic carboxylic acids is 1. The number of rotatable bonds is 7. The first kappa shape index (κ1) is 37.5. The molecule has 0 radical (unpaired) electrons. The smallest absolute Gasteiger partial charge is 0.306 e. The van der Waals surface area contributed by atoms with Crippen molar-refractivity contribution in [1.29, 1.82) is 0 Å². The quantitative estimate of drug-likeness (QED) is 0.171. The number of carbonyl (C=O) groups is 2. The molecule has 0 aromatic carbocycles. The maximum Gasteiger partial charge on any atom is 0.306 e. The van der Waals surface area contributed by atoms with Gasteiger partial charge in [0.25, 0.3) is 0 Å². The van der Waals surface area contributed by atoms with Gasteiger partial charge in [-0.05, 0) is 82.3 Å². The summed E-state index contributed by atoms with van der Waals surface area (Å²) in [4.78, 5) is 68.6. The molecule has 0 unspecified atom stereocenters. The van der Waals surface area contributed by atoms with Crippen LogP contribution in [-0.4, -0.2) is 102 Å². The van der Waals surface area contributed by atoms with E-state index in [4.69, 9.17) is 0 Å². The third kappa shape index (κ3) is 7.20. The van der Waals surface area contributed by atoms with Crippen LogP contribution < -0.4 is 10.6 Å². The number of carbonyl (C=O) groups excluding carboxylic acids is 1. The highest BCUT2D eigenvalue weighted by atomic mass is 32.1. The number of aliphatic imine (C=N–C) groups is 2. The molecule has 6 aromatic heterocycles. The van der Waals surface area contributed by atoms with Crippen molar-refractivity contribution >= 4 is 90.7 Å². The minimum absolute atomic E-state index is 0.0634. The standard InChI is InChI=1S/C24H27N7OS.C18H15N5O2S/c1-30(2)17-5-6-31(12-17)24(32)14-3-4-18-19(7-14)33-23-21(18)22(27-13-28-23)29-20-8-15-9-25-10-16(15)11-26-20;24-18(25)9-1-2-12-13(3-9)26-17-15(12)16(21-8-22-17)23-14-4-10-5-19-6-11(10)7-20-14/h8-9,11,13-14,17H,3-7,10,12H2,1-2H3,(H,26,27,28,29);4-5,7-9H,1-3,6H2,(H,24,25)(H,20,21,22,23)/t14-,17+;9-/m00/s1. The van der Waals surface area contributed by atoms with Crippen LogP contribution in [-0.2, 0) is 48.4 Å². The van der Waals surface area contributed by atoms with E-state index in [0.29, 0.717) is 37.9 Å². The summed E-state index contributed by atoms with van der Waals surface area (Å²) in [5, 5.41) is 18.1. The molecule has 17 heteroatoms. The Morgan fingerprint density at radius 1 is 0.746 bits per heavy atom. The molecule has 9 heterocycles. The van der Waals surface area contributed by atoms with Gasteiger partial charge in [-0.25, -0.2) is 29.9 Å². The van der Waals surface area contributed by atoms with Gasteiger partial charge in [0.15, 0.2) is 0 Å². The average Bonchev–Trinajstić information content (AvgIpc) is 4.09. The SMILES string of the molecule is CN(C)[C@@H]1CCN(C(=O)[C@H]2CCc3c(sc4ncnc(Nc5cc6c(cn5)CN=C6)c34)C2)C1.O=C(O)[C@H]1CCc2c(sc3ncnc(Nc4cc5c(cn4)CN=C5)c23)C1. The van der Waals surface area contributed by atoms with Crippen molar-refractivity contribution in [3.8, 4) is 0 Å². The summed E-state index contributed by atoms with van der Waals surface area (Å²) in [6.07, 6.45) is 16.2. The fraction of sp³-hybridized carbons (Fsp3) is 0.381. The van der Waals surface area contributed by atoms with E-state index in [1.54, 1.807) is 29.0 Å². The fourth-order valence-electron chi connectivity index (χ4n) is 8.82. The number of likely N-dealkylation sites (tertiary alicyclic amines) is 1. The molecule has 6 aromatic rings. The molecule has 0 saturated carbocycles. The number of nitrogens with one attached hydrogen (secondary N) is 2. The largest absolute Gasteiger partial charge is 0.481 e. The van der Waals surface area contributed by atoms with Crippen molar-refractivity contribution in [3.63, 3.8) is 0 Å². The van der Waals surface area contributed by atoms with Crippen LogP contribution in [0.25, 0.3) is 20.4 Å². The number of aromatic nitrogens is 6. The Morgan fingerprint density at radius 2 is 1.29 bits per heavy atom. The maximum atomic E-state index is 13.2. The molecule has 11 rings (SSSR count). The summed E-state index contributed by atoms with van der Waals surface area (Å²) in [5.74, 6) is 2.34. The number of nitrogens with zero attached hydrogens (tertiary/aromatic N) is 10. The van der Waals surface area contributed by atoms with E-state index in [-0.39, 0.29) is 11.8 Å². The Labute approximate surface area is 347 Å². The highest BCUT2D eigenvalue weighted by molar-refractivity contribution is 7.19. The Kier molecular flexibility index (Phi) is 9.81. The zero-order chi connectivity index (χ0) is 40.2. The number of thiophene rings is 2. The second-order valence-electron chi connectivity index (χ2n) is 15.9. The lowest BCUT2D eigenvalue weighted by atomic mass is 9.87. The maximum absolute atomic E-state index is 13.2. The molecular formula is C42H42N12O3S2. The number of aryl methyl sites for hydroxylation is 2. The van der Waals surface area contributed by atoms with Gasteiger partial charge < -0.3 is 25.5 Å². The van der Waals surface area contributed by atoms with Crippen molar-refractivity contribution in [3.05, 3.63) is 80.3 Å². The molecule has 300 valence electrons. The monoisotopic (exact) mass is 826 g/mol. The molecule has 59 heavy (non-hydrogen) atoms. The normalized spacial score (nSPS) is 20.0. The van der Waals surface area contributed by atoms with Gasteiger partial charge in [-0.1, -0.05) is 0 Å². The summed E-state index contributed by atoms with van der Waals surface area (Å²) in [7, 11) is 4.20. The molecule has 15 nitrogen and oxygen atoms in total. The molecule has 3 atom stereocenters. The summed E-state index contributed by atoms with van der Waals surface area (Å²) in [6, 6.07) is 4.46. The number of carboxylic acid groups (broad SMARTS) is 1. The lowest BCUT2D eigenvalue weighted by Gasteiger charge is -2.27. The van der Waals surface area contributed by atoms with E-state index in [0.717, 1.165) is 116 Å². The summed E-state index contributed by atoms with van der Waals surface area (Å²) < 4.78 is 0. The van der Waals surface area contributed by atoms with Crippen LogP contribution in [0.1, 0.15) is 62.4 Å². The molecule has 5 aliphatic rings. The van der Waals surface area contributed by atoms with Crippen LogP contribution in [0.2, 0.25) is 0 Å². The van der Waals surface area contributed by atoms with Crippen molar-refractivity contribution in [1.82, 2.24) is 39.7 Å². The zero-order valence-corrected chi connectivity index (χ0v) is 34.3. The Hall–Kier alpha value is -5.78. The van der Waals surface area contributed by atoms with Gasteiger partial charge in [0, 0.05) is 81.9 Å². The van der Waals surface area contributed by atoms with Crippen LogP contribution in [0.4, 0.5) is 23.3 Å². The minimum Gasteiger partial charge on any atom is -0.481 e. The first-order valence-electron chi connectivity index (χ1n) is 20.0. The Morgan fingerprint density at radius 3 is 1.81 bits per heavy atom. The van der Waals surface area contributed by atoms with Gasteiger partial charge >= 0.3 is 5.97 Å². The molecule has 1 fully saturated rings. The predicted octanol–water partition coefficient (Wildman–Crippen LogP) is 5.98. The van der Waals surface area contributed by atoms with Gasteiger partial charge in [-0.3, -0.25) is 19.6 Å². The van der Waals surface area contributed by atoms with Crippen molar-refractivity contribution in [2.75, 3.05) is 37.8 Å². The second-order valence-corrected chi connectivity index (χ2v) is 18.1. The molecule has 3 N–H and O–H groups in total. The summed E-state index contributed by atoms with van der Waals surface area (Å²) in [6.45, 7) is 3.10. The highest BCUT2D eigenvalue weighted by Gasteiger charge is 2.35. The van der Waals surface area contributed by atoms with Crippen molar-refractivity contribution < 1.29 is 14.7 Å². The molecule has 1 amide bonds. The second kappa shape index (κ2) is 15.4. The number of amides is 1. The van der Waals surface area contributed by atoms with Crippen LogP contribution in [0, 0.1) is 11.8 Å². The number of likely N-dealkylation sites (N-methyl/N-ethyl adjacent to an activating group) is 1. The lowest BCUT2D eigenvalue weighted by molar-refractivity contribution is -0.142. The number of fused-ring (bicyclic) bond motifs is 8. The molecular weight excluding hydrogens is 785 g/mol. The van der Waals surface area contributed by atoms with Gasteiger partial charge in [0.05, 0.1) is 29.8 Å². The zero-order valence-electron chi connectivity index (χ0n) is 32.7. The van der Waals surface area contributed by atoms with E-state index in [1.165, 1.54) is 22.3 Å². The third-order valence-corrected chi connectivity index (χ3v) is 14.4. The highest BCUT2D eigenvalue weighted by Crippen LogP contribution is 2.42. The van der Waals surface area contributed by atoms with E-state index in [9.17, 15) is 14.7 Å². The molecule has 2 aliphatic carbocycles. The number of hydrogen-bond acceptors (Lipinski definition) is 15. The summed E-state index contributed by atoms with van der Waals surface area (Å²) >= 11 is 3.27. The number of hydrogen-bond donors (Lipinski definition) is 3. The van der Waals surface area contributed by atoms with Crippen LogP contribution in [0.5, 0.6) is 0 Å². The molecule has 0 spiro atoms. The lowest BCUT2D eigenvalue weighted by Crippen LogP contribution is -2.39. The topological polar surface area (TPSA) is 187 Å². The average molecular weight is 827 g/mol. The fourth-order valence-corrected chi connectivity index (χ4v) is 11.4. The first-order valence-corrected chi connectivity index (χ1v) is 21.6. The number of anilines is 4. The number of pyridine rings is 2. The Bertz CT molecular complexity index is 2710. The predicted molar refractivity (Wildman–Crippen MR) is 230 cm³/mol. The van der Waals surface area contributed by atoms with Crippen molar-refractivity contribution in [2.24, 2.45) is 21.8 Å². The van der Waals surface area contributed by atoms with Crippen LogP contribution in [0.15, 0.2) is 47.2 Å². The van der Waals surface area contributed by atoms with Crippen LogP contribution >= 0.6 is 22.7 Å². The third-order valence-electron chi connectivity index (χ3n) is 12.1. The van der Waals surface area contributed by atoms with Crippen LogP contribution in [0.3, 0.4) is 0 Å². The Balaban J connectivity index is 0.000000147. The van der Waals surface area contributed by atoms with E-state index >= 15 is 0 Å². The molecule has 0 bridgehead atoms. The van der Waals surface area contributed by atoms with Gasteiger partial charge in [-0.2, -0.15) is 0 Å². The number of carboxylic acids is 1. The van der Waals surface area contributed by atoms with Gasteiger partial charge in [-0.15, -0.1) is 22.7 Å². The molecule has 1 saturated heterocycles. The van der Waals surface area contributed by atoms with E-state index < -0.39 is 5.97 Å². The van der Waals surface area contributed by atoms with Gasteiger partial charge in [0.2, 0.25) is 5.91 Å². The first-order chi connectivity index (χ1) is 28.8. The summed E-state index contributed by atoms with van der Waals surface area (Å²) in [5.41, 5.74) is 6.91. The minimum atomic E-state index is -0.721. The molecule has 3 aliphatic heterocycles. The van der Waals surface area contributed by atoms with Gasteiger partial charge in [0.1, 0.15) is 45.6 Å².